The lowest BCUT2D eigenvalue weighted by molar-refractivity contribution is -0.380. The summed E-state index contributed by atoms with van der Waals surface area (Å²) in [7, 11) is 0. The first-order valence-corrected chi connectivity index (χ1v) is 10.3. The van der Waals surface area contributed by atoms with Crippen LogP contribution in [0.15, 0.2) is 41.4 Å². The van der Waals surface area contributed by atoms with Crippen LogP contribution in [0, 0.1) is 10.1 Å². The third-order valence-corrected chi connectivity index (χ3v) is 5.98. The Morgan fingerprint density at radius 3 is 2.79 bits per heavy atom. The lowest BCUT2D eigenvalue weighted by Crippen LogP contribution is -2.23. The van der Waals surface area contributed by atoms with Gasteiger partial charge in [-0.3, -0.25) is 19.7 Å². The highest BCUT2D eigenvalue weighted by Crippen LogP contribution is 2.26. The molecule has 3 rings (SSSR count). The Bertz CT molecular complexity index is 1190. The van der Waals surface area contributed by atoms with Gasteiger partial charge in [-0.05, 0) is 31.2 Å². The van der Waals surface area contributed by atoms with Gasteiger partial charge >= 0.3 is 11.0 Å². The SMILES string of the molecule is CCOC(=O)Cn1c(=NC(=O)C=Cc2ccc([N+](=O)[O-])s2)sc2cccc(Cl)c21. The van der Waals surface area contributed by atoms with Gasteiger partial charge in [0, 0.05) is 17.0 Å². The highest BCUT2D eigenvalue weighted by molar-refractivity contribution is 7.16. The molecule has 2 heterocycles. The van der Waals surface area contributed by atoms with Crippen LogP contribution >= 0.6 is 34.3 Å². The summed E-state index contributed by atoms with van der Waals surface area (Å²) < 4.78 is 7.31. The number of carbonyl (C=O) groups is 2. The molecule has 0 atom stereocenters. The molecule has 0 unspecified atom stereocenters. The molecule has 0 radical (unpaired) electrons. The number of benzene rings is 1. The number of rotatable bonds is 6. The van der Waals surface area contributed by atoms with E-state index in [2.05, 4.69) is 4.99 Å². The van der Waals surface area contributed by atoms with Gasteiger partial charge in [-0.25, -0.2) is 0 Å². The van der Waals surface area contributed by atoms with Crippen molar-refractivity contribution in [3.63, 3.8) is 0 Å². The van der Waals surface area contributed by atoms with Crippen molar-refractivity contribution in [1.29, 1.82) is 0 Å². The number of hydrogen-bond donors (Lipinski definition) is 0. The van der Waals surface area contributed by atoms with Crippen molar-refractivity contribution in [3.8, 4) is 0 Å². The van der Waals surface area contributed by atoms with E-state index in [0.29, 0.717) is 20.2 Å². The molecule has 8 nitrogen and oxygen atoms in total. The van der Waals surface area contributed by atoms with Crippen molar-refractivity contribution < 1.29 is 19.2 Å². The Balaban J connectivity index is 1.96. The van der Waals surface area contributed by atoms with Gasteiger partial charge in [0.25, 0.3) is 5.91 Å². The second-order valence-corrected chi connectivity index (χ2v) is 8.09. The number of esters is 1. The largest absolute Gasteiger partial charge is 0.465 e. The lowest BCUT2D eigenvalue weighted by atomic mass is 10.3. The molecule has 3 aromatic rings. The monoisotopic (exact) mass is 451 g/mol. The molecular weight excluding hydrogens is 438 g/mol. The van der Waals surface area contributed by atoms with Crippen molar-refractivity contribution in [1.82, 2.24) is 4.57 Å². The number of hydrogen-bond acceptors (Lipinski definition) is 7. The highest BCUT2D eigenvalue weighted by atomic mass is 35.5. The number of thiophene rings is 1. The van der Waals surface area contributed by atoms with E-state index in [0.717, 1.165) is 16.0 Å². The third kappa shape index (κ3) is 4.97. The van der Waals surface area contributed by atoms with E-state index in [-0.39, 0.29) is 18.2 Å². The first kappa shape index (κ1) is 20.9. The summed E-state index contributed by atoms with van der Waals surface area (Å²) in [5.74, 6) is -1.04. The zero-order valence-electron chi connectivity index (χ0n) is 15.0. The van der Waals surface area contributed by atoms with Gasteiger partial charge in [0.15, 0.2) is 4.80 Å². The fraction of sp³-hybridized carbons (Fsp3) is 0.167. The van der Waals surface area contributed by atoms with Crippen LogP contribution in [0.4, 0.5) is 5.00 Å². The Hall–Kier alpha value is -2.82. The summed E-state index contributed by atoms with van der Waals surface area (Å²) in [6.45, 7) is 1.80. The minimum absolute atomic E-state index is 0.0135. The molecular formula is C18H14ClN3O5S2. The molecule has 2 aromatic heterocycles. The molecule has 0 aliphatic rings. The minimum atomic E-state index is -0.568. The minimum Gasteiger partial charge on any atom is -0.465 e. The number of para-hydroxylation sites is 1. The first-order chi connectivity index (χ1) is 13.9. The highest BCUT2D eigenvalue weighted by Gasteiger charge is 2.14. The Kier molecular flexibility index (Phi) is 6.57. The maximum absolute atomic E-state index is 12.3. The summed E-state index contributed by atoms with van der Waals surface area (Å²) in [5.41, 5.74) is 0.594. The molecule has 0 bridgehead atoms. The van der Waals surface area contributed by atoms with Gasteiger partial charge < -0.3 is 9.30 Å². The lowest BCUT2D eigenvalue weighted by Gasteiger charge is -2.05. The molecule has 150 valence electrons. The molecule has 0 aliphatic heterocycles. The number of carbonyl (C=O) groups excluding carboxylic acids is 2. The predicted octanol–water partition coefficient (Wildman–Crippen LogP) is 4.03. The molecule has 0 saturated heterocycles. The van der Waals surface area contributed by atoms with E-state index in [1.54, 1.807) is 29.7 Å². The number of nitro groups is 1. The normalized spacial score (nSPS) is 12.0. The number of aromatic nitrogens is 1. The van der Waals surface area contributed by atoms with Crippen molar-refractivity contribution in [2.24, 2.45) is 4.99 Å². The zero-order chi connectivity index (χ0) is 21.0. The summed E-state index contributed by atoms with van der Waals surface area (Å²) in [4.78, 5) is 39.5. The van der Waals surface area contributed by atoms with Crippen molar-refractivity contribution in [3.05, 3.63) is 61.2 Å². The summed E-state index contributed by atoms with van der Waals surface area (Å²) in [5, 5.41) is 11.2. The summed E-state index contributed by atoms with van der Waals surface area (Å²) >= 11 is 8.45. The van der Waals surface area contributed by atoms with Gasteiger partial charge in [-0.15, -0.1) is 0 Å². The van der Waals surface area contributed by atoms with Crippen LogP contribution in [0.25, 0.3) is 16.3 Å². The van der Waals surface area contributed by atoms with Gasteiger partial charge in [-0.2, -0.15) is 4.99 Å². The van der Waals surface area contributed by atoms with Crippen LogP contribution in [-0.4, -0.2) is 28.0 Å². The van der Waals surface area contributed by atoms with Crippen molar-refractivity contribution >= 4 is 67.4 Å². The number of fused-ring (bicyclic) bond motifs is 1. The summed E-state index contributed by atoms with van der Waals surface area (Å²) in [6.07, 6.45) is 2.68. The second kappa shape index (κ2) is 9.12. The van der Waals surface area contributed by atoms with Crippen LogP contribution < -0.4 is 4.80 Å². The van der Waals surface area contributed by atoms with E-state index >= 15 is 0 Å². The number of halogens is 1. The van der Waals surface area contributed by atoms with E-state index in [1.807, 2.05) is 6.07 Å². The number of nitrogens with zero attached hydrogens (tertiary/aromatic N) is 3. The van der Waals surface area contributed by atoms with E-state index in [4.69, 9.17) is 16.3 Å². The fourth-order valence-electron chi connectivity index (χ4n) is 2.47. The van der Waals surface area contributed by atoms with Gasteiger partial charge in [0.1, 0.15) is 6.54 Å². The maximum Gasteiger partial charge on any atom is 0.326 e. The molecule has 0 spiro atoms. The quantitative estimate of drug-likeness (QED) is 0.243. The molecule has 0 aliphatic carbocycles. The number of thiazole rings is 1. The van der Waals surface area contributed by atoms with Crippen LogP contribution in [0.3, 0.4) is 0 Å². The van der Waals surface area contributed by atoms with Crippen LogP contribution in [0.5, 0.6) is 0 Å². The average Bonchev–Trinajstić information content (AvgIpc) is 3.26. The smallest absolute Gasteiger partial charge is 0.326 e. The number of amides is 1. The third-order valence-electron chi connectivity index (χ3n) is 3.63. The van der Waals surface area contributed by atoms with Gasteiger partial charge in [-0.1, -0.05) is 40.3 Å². The molecule has 0 saturated carbocycles. The summed E-state index contributed by atoms with van der Waals surface area (Å²) in [6, 6.07) is 8.19. The van der Waals surface area contributed by atoms with Crippen LogP contribution in [-0.2, 0) is 20.9 Å². The van der Waals surface area contributed by atoms with Gasteiger partial charge in [0.05, 0.1) is 26.8 Å². The Morgan fingerprint density at radius 2 is 2.10 bits per heavy atom. The topological polar surface area (TPSA) is 104 Å². The Labute approximate surface area is 177 Å². The Morgan fingerprint density at radius 1 is 1.31 bits per heavy atom. The molecule has 1 amide bonds. The van der Waals surface area contributed by atoms with Crippen LogP contribution in [0.1, 0.15) is 11.8 Å². The molecule has 29 heavy (non-hydrogen) atoms. The second-order valence-electron chi connectivity index (χ2n) is 5.58. The van der Waals surface area contributed by atoms with Gasteiger partial charge in [0.2, 0.25) is 0 Å². The molecule has 0 N–H and O–H groups in total. The molecule has 11 heteroatoms. The van der Waals surface area contributed by atoms with Crippen molar-refractivity contribution in [2.75, 3.05) is 6.61 Å². The molecule has 1 aromatic carbocycles. The number of ether oxygens (including phenoxy) is 1. The van der Waals surface area contributed by atoms with E-state index in [9.17, 15) is 19.7 Å². The fourth-order valence-corrected chi connectivity index (χ4v) is 4.59. The van der Waals surface area contributed by atoms with Crippen molar-refractivity contribution in [2.45, 2.75) is 13.5 Å². The average molecular weight is 452 g/mol. The van der Waals surface area contributed by atoms with E-state index < -0.39 is 16.8 Å². The molecule has 0 fully saturated rings. The standard InChI is InChI=1S/C18H14ClN3O5S2/c1-2-27-16(24)10-21-17-12(19)4-3-5-13(17)29-18(21)20-14(23)8-6-11-7-9-15(28-11)22(25)26/h3-9H,2,10H2,1H3. The van der Waals surface area contributed by atoms with Crippen LogP contribution in [0.2, 0.25) is 5.02 Å². The first-order valence-electron chi connectivity index (χ1n) is 8.33. The predicted molar refractivity (Wildman–Crippen MR) is 112 cm³/mol. The van der Waals surface area contributed by atoms with E-state index in [1.165, 1.54) is 29.6 Å². The maximum atomic E-state index is 12.3. The zero-order valence-corrected chi connectivity index (χ0v) is 17.4.